The second-order valence-electron chi connectivity index (χ2n) is 2.19. The van der Waals surface area contributed by atoms with Gasteiger partial charge in [-0.1, -0.05) is 6.08 Å². The van der Waals surface area contributed by atoms with Gasteiger partial charge in [0.1, 0.15) is 5.78 Å². The molecule has 0 amide bonds. The number of carbonyl (C=O) groups is 1. The second kappa shape index (κ2) is 6.49. The zero-order valence-corrected chi connectivity index (χ0v) is 6.18. The minimum Gasteiger partial charge on any atom is -0.396 e. The van der Waals surface area contributed by atoms with E-state index in [2.05, 4.69) is 6.58 Å². The lowest BCUT2D eigenvalue weighted by Crippen LogP contribution is -1.99. The van der Waals surface area contributed by atoms with Gasteiger partial charge in [-0.2, -0.15) is 0 Å². The van der Waals surface area contributed by atoms with Crippen molar-refractivity contribution < 1.29 is 9.90 Å². The fraction of sp³-hybridized carbons (Fsp3) is 0.625. The summed E-state index contributed by atoms with van der Waals surface area (Å²) in [5, 5.41) is 8.35. The highest BCUT2D eigenvalue weighted by molar-refractivity contribution is 5.78. The molecule has 0 spiro atoms. The van der Waals surface area contributed by atoms with E-state index in [1.54, 1.807) is 6.08 Å². The Kier molecular flexibility index (Phi) is 6.08. The minimum absolute atomic E-state index is 0.0209. The highest BCUT2D eigenvalue weighted by Crippen LogP contribution is 1.98. The minimum atomic E-state index is -0.0209. The SMILES string of the molecule is C=CCCCC(=O)CCO. The normalized spacial score (nSPS) is 9.30. The predicted octanol–water partition coefficient (Wildman–Crippen LogP) is 1.29. The van der Waals surface area contributed by atoms with Crippen molar-refractivity contribution >= 4 is 5.78 Å². The Morgan fingerprint density at radius 1 is 1.50 bits per heavy atom. The summed E-state index contributed by atoms with van der Waals surface area (Å²) in [6.45, 7) is 3.52. The van der Waals surface area contributed by atoms with Crippen LogP contribution in [-0.4, -0.2) is 17.5 Å². The van der Waals surface area contributed by atoms with Gasteiger partial charge in [-0.05, 0) is 12.8 Å². The van der Waals surface area contributed by atoms with E-state index >= 15 is 0 Å². The number of carbonyl (C=O) groups excluding carboxylic acids is 1. The molecular weight excluding hydrogens is 128 g/mol. The van der Waals surface area contributed by atoms with Crippen LogP contribution in [0, 0.1) is 0 Å². The molecular formula is C8H14O2. The lowest BCUT2D eigenvalue weighted by Gasteiger charge is -1.94. The van der Waals surface area contributed by atoms with Crippen molar-refractivity contribution in [2.75, 3.05) is 6.61 Å². The van der Waals surface area contributed by atoms with Crippen LogP contribution in [0.2, 0.25) is 0 Å². The number of unbranched alkanes of at least 4 members (excludes halogenated alkanes) is 1. The predicted molar refractivity (Wildman–Crippen MR) is 40.8 cm³/mol. The average Bonchev–Trinajstić information content (AvgIpc) is 1.89. The van der Waals surface area contributed by atoms with E-state index in [9.17, 15) is 4.79 Å². The first-order valence-corrected chi connectivity index (χ1v) is 3.54. The van der Waals surface area contributed by atoms with Crippen LogP contribution < -0.4 is 0 Å². The molecule has 10 heavy (non-hydrogen) atoms. The molecule has 0 fully saturated rings. The van der Waals surface area contributed by atoms with Gasteiger partial charge in [0, 0.05) is 19.4 Å². The van der Waals surface area contributed by atoms with Crippen LogP contribution in [0.5, 0.6) is 0 Å². The number of ketones is 1. The van der Waals surface area contributed by atoms with Crippen LogP contribution in [0.25, 0.3) is 0 Å². The Morgan fingerprint density at radius 2 is 2.20 bits per heavy atom. The summed E-state index contributed by atoms with van der Waals surface area (Å²) in [6, 6.07) is 0. The third kappa shape index (κ3) is 5.51. The summed E-state index contributed by atoms with van der Waals surface area (Å²) in [7, 11) is 0. The maximum Gasteiger partial charge on any atom is 0.135 e. The molecule has 0 aliphatic heterocycles. The molecule has 0 aliphatic carbocycles. The van der Waals surface area contributed by atoms with E-state index in [0.717, 1.165) is 12.8 Å². The fourth-order valence-electron chi connectivity index (χ4n) is 0.693. The number of hydrogen-bond acceptors (Lipinski definition) is 2. The van der Waals surface area contributed by atoms with Crippen molar-refractivity contribution in [2.45, 2.75) is 25.7 Å². The van der Waals surface area contributed by atoms with Crippen molar-refractivity contribution in [1.82, 2.24) is 0 Å². The summed E-state index contributed by atoms with van der Waals surface area (Å²) in [4.78, 5) is 10.7. The molecule has 0 atom stereocenters. The van der Waals surface area contributed by atoms with Crippen molar-refractivity contribution in [1.29, 1.82) is 0 Å². The Balaban J connectivity index is 3.13. The van der Waals surface area contributed by atoms with Gasteiger partial charge in [0.25, 0.3) is 0 Å². The number of hydrogen-bond donors (Lipinski definition) is 1. The molecule has 0 aromatic carbocycles. The second-order valence-corrected chi connectivity index (χ2v) is 2.19. The zero-order chi connectivity index (χ0) is 7.82. The van der Waals surface area contributed by atoms with Crippen LogP contribution in [0.1, 0.15) is 25.7 Å². The number of rotatable bonds is 6. The Morgan fingerprint density at radius 3 is 2.70 bits per heavy atom. The smallest absolute Gasteiger partial charge is 0.135 e. The standard InChI is InChI=1S/C8H14O2/c1-2-3-4-5-8(10)6-7-9/h2,9H,1,3-7H2. The molecule has 0 unspecified atom stereocenters. The lowest BCUT2D eigenvalue weighted by molar-refractivity contribution is -0.119. The molecule has 0 saturated carbocycles. The molecule has 2 heteroatoms. The summed E-state index contributed by atoms with van der Waals surface area (Å²) in [5.41, 5.74) is 0. The van der Waals surface area contributed by atoms with Crippen LogP contribution in [0.4, 0.5) is 0 Å². The third-order valence-electron chi connectivity index (χ3n) is 1.25. The summed E-state index contributed by atoms with van der Waals surface area (Å²) >= 11 is 0. The largest absolute Gasteiger partial charge is 0.396 e. The van der Waals surface area contributed by atoms with Gasteiger partial charge < -0.3 is 5.11 Å². The van der Waals surface area contributed by atoms with Crippen LogP contribution >= 0.6 is 0 Å². The molecule has 0 rings (SSSR count). The topological polar surface area (TPSA) is 37.3 Å². The molecule has 0 saturated heterocycles. The zero-order valence-electron chi connectivity index (χ0n) is 6.18. The molecule has 0 aromatic rings. The summed E-state index contributed by atoms with van der Waals surface area (Å²) < 4.78 is 0. The maximum atomic E-state index is 10.7. The molecule has 0 radical (unpaired) electrons. The van der Waals surface area contributed by atoms with E-state index in [-0.39, 0.29) is 12.4 Å². The first-order chi connectivity index (χ1) is 4.81. The lowest BCUT2D eigenvalue weighted by atomic mass is 10.1. The van der Waals surface area contributed by atoms with Gasteiger partial charge >= 0.3 is 0 Å². The molecule has 0 heterocycles. The van der Waals surface area contributed by atoms with Gasteiger partial charge in [0.05, 0.1) is 0 Å². The molecule has 0 bridgehead atoms. The van der Waals surface area contributed by atoms with E-state index in [4.69, 9.17) is 5.11 Å². The number of aliphatic hydroxyl groups excluding tert-OH is 1. The van der Waals surface area contributed by atoms with Crippen molar-refractivity contribution in [3.63, 3.8) is 0 Å². The Bertz CT molecular complexity index is 108. The Labute approximate surface area is 61.6 Å². The monoisotopic (exact) mass is 142 g/mol. The van der Waals surface area contributed by atoms with E-state index in [1.165, 1.54) is 0 Å². The molecule has 0 aromatic heterocycles. The van der Waals surface area contributed by atoms with Crippen LogP contribution in [-0.2, 0) is 4.79 Å². The number of Topliss-reactive ketones (excluding diaryl/α,β-unsaturated/α-hetero) is 1. The highest BCUT2D eigenvalue weighted by atomic mass is 16.3. The van der Waals surface area contributed by atoms with E-state index in [1.807, 2.05) is 0 Å². The number of aliphatic hydroxyl groups is 1. The molecule has 0 aliphatic rings. The van der Waals surface area contributed by atoms with Gasteiger partial charge in [0.15, 0.2) is 0 Å². The molecule has 58 valence electrons. The van der Waals surface area contributed by atoms with Gasteiger partial charge in [-0.25, -0.2) is 0 Å². The van der Waals surface area contributed by atoms with Crippen LogP contribution in [0.15, 0.2) is 12.7 Å². The van der Waals surface area contributed by atoms with Crippen molar-refractivity contribution in [3.8, 4) is 0 Å². The Hall–Kier alpha value is -0.630. The summed E-state index contributed by atoms with van der Waals surface area (Å²) in [6.07, 6.45) is 4.43. The number of allylic oxidation sites excluding steroid dienone is 1. The average molecular weight is 142 g/mol. The van der Waals surface area contributed by atoms with E-state index < -0.39 is 0 Å². The fourth-order valence-corrected chi connectivity index (χ4v) is 0.693. The molecule has 2 nitrogen and oxygen atoms in total. The third-order valence-corrected chi connectivity index (χ3v) is 1.25. The first-order valence-electron chi connectivity index (χ1n) is 3.54. The summed E-state index contributed by atoms with van der Waals surface area (Å²) in [5.74, 6) is 0.143. The van der Waals surface area contributed by atoms with Crippen molar-refractivity contribution in [3.05, 3.63) is 12.7 Å². The van der Waals surface area contributed by atoms with Gasteiger partial charge in [0.2, 0.25) is 0 Å². The molecule has 1 N–H and O–H groups in total. The van der Waals surface area contributed by atoms with Crippen LogP contribution in [0.3, 0.4) is 0 Å². The quantitative estimate of drug-likeness (QED) is 0.448. The highest BCUT2D eigenvalue weighted by Gasteiger charge is 1.97. The van der Waals surface area contributed by atoms with Gasteiger partial charge in [-0.3, -0.25) is 4.79 Å². The van der Waals surface area contributed by atoms with E-state index in [0.29, 0.717) is 12.8 Å². The maximum absolute atomic E-state index is 10.7. The van der Waals surface area contributed by atoms with Gasteiger partial charge in [-0.15, -0.1) is 6.58 Å². The first kappa shape index (κ1) is 9.37. The van der Waals surface area contributed by atoms with Crippen molar-refractivity contribution in [2.24, 2.45) is 0 Å².